The van der Waals surface area contributed by atoms with Crippen molar-refractivity contribution in [2.75, 3.05) is 25.4 Å². The summed E-state index contributed by atoms with van der Waals surface area (Å²) in [7, 11) is -3.35. The lowest BCUT2D eigenvalue weighted by atomic mass is 9.97. The van der Waals surface area contributed by atoms with Crippen molar-refractivity contribution in [3.05, 3.63) is 71.3 Å². The zero-order valence-electron chi connectivity index (χ0n) is 17.4. The van der Waals surface area contributed by atoms with E-state index in [9.17, 15) is 13.2 Å². The zero-order valence-corrected chi connectivity index (χ0v) is 19.1. The maximum Gasteiger partial charge on any atom is 0.223 e. The first-order valence-corrected chi connectivity index (χ1v) is 13.1. The molecule has 0 aliphatic carbocycles. The number of benzene rings is 2. The number of thioether (sulfide) groups is 1. The first kappa shape index (κ1) is 22.8. The molecule has 5 nitrogen and oxygen atoms in total. The molecule has 0 unspecified atom stereocenters. The van der Waals surface area contributed by atoms with Crippen molar-refractivity contribution in [2.24, 2.45) is 5.92 Å². The standard InChI is InChI=1S/C23H30N2O3S2/c1-19-7-9-21(10-8-19)18-30(27,28)25-14-11-22(12-15-25)23(26)24-13-16-29-17-20-5-3-2-4-6-20/h2-10,22H,11-18H2,1H3,(H,24,26). The molecule has 162 valence electrons. The Balaban J connectivity index is 1.36. The quantitative estimate of drug-likeness (QED) is 0.598. The minimum Gasteiger partial charge on any atom is -0.355 e. The molecule has 2 aromatic rings. The molecule has 7 heteroatoms. The fourth-order valence-electron chi connectivity index (χ4n) is 3.54. The molecule has 1 N–H and O–H groups in total. The van der Waals surface area contributed by atoms with Gasteiger partial charge in [-0.2, -0.15) is 11.8 Å². The Morgan fingerprint density at radius 2 is 1.70 bits per heavy atom. The Bertz CT molecular complexity index is 907. The van der Waals surface area contributed by atoms with E-state index in [4.69, 9.17) is 0 Å². The largest absolute Gasteiger partial charge is 0.355 e. The summed E-state index contributed by atoms with van der Waals surface area (Å²) in [6, 6.07) is 17.9. The van der Waals surface area contributed by atoms with E-state index in [1.807, 2.05) is 49.4 Å². The van der Waals surface area contributed by atoms with Crippen molar-refractivity contribution >= 4 is 27.7 Å². The number of hydrogen-bond acceptors (Lipinski definition) is 4. The van der Waals surface area contributed by atoms with E-state index in [0.717, 1.165) is 22.6 Å². The van der Waals surface area contributed by atoms with Gasteiger partial charge in [0, 0.05) is 37.1 Å². The molecule has 0 saturated carbocycles. The van der Waals surface area contributed by atoms with Crippen LogP contribution in [0.4, 0.5) is 0 Å². The maximum absolute atomic E-state index is 12.7. The van der Waals surface area contributed by atoms with Crippen molar-refractivity contribution in [1.29, 1.82) is 0 Å². The second-order valence-electron chi connectivity index (χ2n) is 7.74. The Morgan fingerprint density at radius 3 is 2.37 bits per heavy atom. The number of aryl methyl sites for hydroxylation is 1. The number of hydrogen-bond donors (Lipinski definition) is 1. The van der Waals surface area contributed by atoms with Crippen LogP contribution in [-0.4, -0.2) is 44.0 Å². The normalized spacial score (nSPS) is 15.8. The molecule has 1 aliphatic heterocycles. The molecule has 2 aromatic carbocycles. The van der Waals surface area contributed by atoms with Gasteiger partial charge in [0.25, 0.3) is 0 Å². The van der Waals surface area contributed by atoms with Crippen molar-refractivity contribution in [3.8, 4) is 0 Å². The van der Waals surface area contributed by atoms with Crippen LogP contribution in [0.3, 0.4) is 0 Å². The molecule has 0 atom stereocenters. The third kappa shape index (κ3) is 6.86. The fraction of sp³-hybridized carbons (Fsp3) is 0.435. The third-order valence-corrected chi connectivity index (χ3v) is 8.23. The summed E-state index contributed by atoms with van der Waals surface area (Å²) in [6.07, 6.45) is 1.16. The topological polar surface area (TPSA) is 66.5 Å². The molecular formula is C23H30N2O3S2. The highest BCUT2D eigenvalue weighted by atomic mass is 32.2. The van der Waals surface area contributed by atoms with Crippen LogP contribution in [0.5, 0.6) is 0 Å². The van der Waals surface area contributed by atoms with Crippen LogP contribution in [0, 0.1) is 12.8 Å². The van der Waals surface area contributed by atoms with Gasteiger partial charge in [-0.05, 0) is 30.9 Å². The second-order valence-corrected chi connectivity index (χ2v) is 10.8. The van der Waals surface area contributed by atoms with Crippen LogP contribution in [0.15, 0.2) is 54.6 Å². The van der Waals surface area contributed by atoms with Gasteiger partial charge in [-0.25, -0.2) is 12.7 Å². The number of nitrogens with one attached hydrogen (secondary N) is 1. The summed E-state index contributed by atoms with van der Waals surface area (Å²) in [5, 5.41) is 3.01. The zero-order chi connectivity index (χ0) is 21.4. The molecule has 0 spiro atoms. The average Bonchev–Trinajstić information content (AvgIpc) is 2.76. The van der Waals surface area contributed by atoms with E-state index in [1.54, 1.807) is 11.8 Å². The molecule has 1 heterocycles. The van der Waals surface area contributed by atoms with Gasteiger partial charge in [0.15, 0.2) is 0 Å². The fourth-order valence-corrected chi connectivity index (χ4v) is 5.92. The van der Waals surface area contributed by atoms with Crippen molar-refractivity contribution < 1.29 is 13.2 Å². The SMILES string of the molecule is Cc1ccc(CS(=O)(=O)N2CCC(C(=O)NCCSCc3ccccc3)CC2)cc1. The second kappa shape index (κ2) is 11.0. The lowest BCUT2D eigenvalue weighted by Crippen LogP contribution is -2.43. The number of rotatable bonds is 9. The highest BCUT2D eigenvalue weighted by Crippen LogP contribution is 2.22. The van der Waals surface area contributed by atoms with E-state index in [2.05, 4.69) is 17.4 Å². The van der Waals surface area contributed by atoms with Crippen LogP contribution in [0.2, 0.25) is 0 Å². The highest BCUT2D eigenvalue weighted by molar-refractivity contribution is 7.98. The van der Waals surface area contributed by atoms with Gasteiger partial charge in [0.1, 0.15) is 0 Å². The monoisotopic (exact) mass is 446 g/mol. The first-order valence-electron chi connectivity index (χ1n) is 10.4. The number of carbonyl (C=O) groups excluding carboxylic acids is 1. The highest BCUT2D eigenvalue weighted by Gasteiger charge is 2.31. The Hall–Kier alpha value is -1.83. The molecule has 1 saturated heterocycles. The number of amides is 1. The lowest BCUT2D eigenvalue weighted by Gasteiger charge is -2.30. The van der Waals surface area contributed by atoms with Crippen LogP contribution in [0.1, 0.15) is 29.5 Å². The molecule has 30 heavy (non-hydrogen) atoms. The average molecular weight is 447 g/mol. The van der Waals surface area contributed by atoms with Crippen LogP contribution >= 0.6 is 11.8 Å². The van der Waals surface area contributed by atoms with Gasteiger partial charge in [-0.15, -0.1) is 0 Å². The van der Waals surface area contributed by atoms with Gasteiger partial charge in [-0.1, -0.05) is 60.2 Å². The number of sulfonamides is 1. The molecule has 1 aliphatic rings. The molecule has 1 fully saturated rings. The Kier molecular flexibility index (Phi) is 8.36. The van der Waals surface area contributed by atoms with Gasteiger partial charge >= 0.3 is 0 Å². The maximum atomic E-state index is 12.7. The van der Waals surface area contributed by atoms with E-state index in [-0.39, 0.29) is 17.6 Å². The Morgan fingerprint density at radius 1 is 1.03 bits per heavy atom. The molecule has 1 amide bonds. The summed E-state index contributed by atoms with van der Waals surface area (Å²) >= 11 is 1.80. The Labute approximate surface area is 184 Å². The summed E-state index contributed by atoms with van der Waals surface area (Å²) in [4.78, 5) is 12.4. The van der Waals surface area contributed by atoms with Crippen molar-refractivity contribution in [3.63, 3.8) is 0 Å². The minimum atomic E-state index is -3.35. The molecule has 3 rings (SSSR count). The van der Waals surface area contributed by atoms with E-state index < -0.39 is 10.0 Å². The molecule has 0 bridgehead atoms. The van der Waals surface area contributed by atoms with Crippen LogP contribution in [0.25, 0.3) is 0 Å². The molecular weight excluding hydrogens is 416 g/mol. The van der Waals surface area contributed by atoms with Crippen LogP contribution < -0.4 is 5.32 Å². The number of piperidine rings is 1. The van der Waals surface area contributed by atoms with Crippen molar-refractivity contribution in [1.82, 2.24) is 9.62 Å². The summed E-state index contributed by atoms with van der Waals surface area (Å²) in [6.45, 7) is 3.45. The number of nitrogens with zero attached hydrogens (tertiary/aromatic N) is 1. The van der Waals surface area contributed by atoms with E-state index >= 15 is 0 Å². The lowest BCUT2D eigenvalue weighted by molar-refractivity contribution is -0.125. The van der Waals surface area contributed by atoms with Crippen molar-refractivity contribution in [2.45, 2.75) is 31.3 Å². The van der Waals surface area contributed by atoms with E-state index in [0.29, 0.717) is 32.5 Å². The molecule has 0 radical (unpaired) electrons. The van der Waals surface area contributed by atoms with Crippen LogP contribution in [-0.2, 0) is 26.3 Å². The predicted molar refractivity (Wildman–Crippen MR) is 124 cm³/mol. The van der Waals surface area contributed by atoms with Gasteiger partial charge in [0.05, 0.1) is 5.75 Å². The molecule has 0 aromatic heterocycles. The van der Waals surface area contributed by atoms with Gasteiger partial charge < -0.3 is 5.32 Å². The van der Waals surface area contributed by atoms with Gasteiger partial charge in [-0.3, -0.25) is 4.79 Å². The van der Waals surface area contributed by atoms with E-state index in [1.165, 1.54) is 9.87 Å². The third-order valence-electron chi connectivity index (χ3n) is 5.34. The summed E-state index contributed by atoms with van der Waals surface area (Å²) in [5.41, 5.74) is 3.20. The van der Waals surface area contributed by atoms with Gasteiger partial charge in [0.2, 0.25) is 15.9 Å². The first-order chi connectivity index (χ1) is 14.4. The smallest absolute Gasteiger partial charge is 0.223 e. The minimum absolute atomic E-state index is 0.0166. The summed E-state index contributed by atoms with van der Waals surface area (Å²) < 4.78 is 26.9. The summed E-state index contributed by atoms with van der Waals surface area (Å²) in [5.74, 6) is 1.77. The predicted octanol–water partition coefficient (Wildman–Crippen LogP) is 3.59. The number of carbonyl (C=O) groups is 1.